The fraction of sp³-hybridized carbons (Fsp3) is 0.895. The average Bonchev–Trinajstić information content (AvgIpc) is 3.07. The number of rotatable bonds is 3. The number of hydrogen-bond donors (Lipinski definition) is 0. The van der Waals surface area contributed by atoms with E-state index in [-0.39, 0.29) is 41.5 Å². The van der Waals surface area contributed by atoms with Crippen LogP contribution >= 0.6 is 0 Å². The maximum absolute atomic E-state index is 12.6. The van der Waals surface area contributed by atoms with E-state index in [9.17, 15) is 9.59 Å². The molecule has 0 amide bonds. The van der Waals surface area contributed by atoms with Crippen LogP contribution < -0.4 is 0 Å². The van der Waals surface area contributed by atoms with Crippen molar-refractivity contribution in [2.24, 2.45) is 35.0 Å². The van der Waals surface area contributed by atoms with E-state index in [1.807, 2.05) is 0 Å². The second-order valence-corrected chi connectivity index (χ2v) is 8.86. The Morgan fingerprint density at radius 2 is 2.04 bits per heavy atom. The predicted molar refractivity (Wildman–Crippen MR) is 88.0 cm³/mol. The Kier molecular flexibility index (Phi) is 3.55. The molecule has 5 nitrogen and oxygen atoms in total. The van der Waals surface area contributed by atoms with Crippen LogP contribution in [0.3, 0.4) is 0 Å². The minimum absolute atomic E-state index is 0.0258. The molecule has 24 heavy (non-hydrogen) atoms. The van der Waals surface area contributed by atoms with E-state index in [0.29, 0.717) is 30.1 Å². The fourth-order valence-electron chi connectivity index (χ4n) is 7.08. The molecule has 4 fully saturated rings. The lowest BCUT2D eigenvalue weighted by atomic mass is 9.55. The summed E-state index contributed by atoms with van der Waals surface area (Å²) in [5.41, 5.74) is 0.0698. The molecule has 8 atom stereocenters. The molecule has 2 saturated carbocycles. The Labute approximate surface area is 144 Å². The lowest BCUT2D eigenvalue weighted by Crippen LogP contribution is -2.57. The summed E-state index contributed by atoms with van der Waals surface area (Å²) in [6.07, 6.45) is 2.59. The zero-order valence-corrected chi connectivity index (χ0v) is 15.3. The molecule has 4 rings (SSSR count). The van der Waals surface area contributed by atoms with Crippen LogP contribution in [0.1, 0.15) is 40.0 Å². The SMILES string of the molecule is COC(=O)CC1C2CCC3C4C(=O)OC(C4C(C)C)C(N1C)C32C. The van der Waals surface area contributed by atoms with Gasteiger partial charge in [0, 0.05) is 12.0 Å². The van der Waals surface area contributed by atoms with Gasteiger partial charge in [-0.1, -0.05) is 20.8 Å². The summed E-state index contributed by atoms with van der Waals surface area (Å²) in [6.45, 7) is 6.78. The van der Waals surface area contributed by atoms with Crippen molar-refractivity contribution in [1.29, 1.82) is 0 Å². The predicted octanol–water partition coefficient (Wildman–Crippen LogP) is 2.09. The topological polar surface area (TPSA) is 55.8 Å². The van der Waals surface area contributed by atoms with Crippen molar-refractivity contribution in [3.8, 4) is 0 Å². The number of likely N-dealkylation sites (tertiary alicyclic amines) is 1. The molecular formula is C19H29NO4. The van der Waals surface area contributed by atoms with Crippen LogP contribution in [0.5, 0.6) is 0 Å². The van der Waals surface area contributed by atoms with E-state index >= 15 is 0 Å². The molecule has 0 radical (unpaired) electrons. The van der Waals surface area contributed by atoms with Gasteiger partial charge >= 0.3 is 11.9 Å². The minimum atomic E-state index is -0.139. The summed E-state index contributed by atoms with van der Waals surface area (Å²) in [5, 5.41) is 0. The van der Waals surface area contributed by atoms with E-state index < -0.39 is 0 Å². The van der Waals surface area contributed by atoms with Crippen LogP contribution in [0.2, 0.25) is 0 Å². The highest BCUT2D eigenvalue weighted by Crippen LogP contribution is 2.68. The number of esters is 2. The van der Waals surface area contributed by atoms with Crippen LogP contribution in [0, 0.1) is 35.0 Å². The first kappa shape index (κ1) is 16.4. The molecule has 2 saturated heterocycles. The van der Waals surface area contributed by atoms with Crippen molar-refractivity contribution in [3.63, 3.8) is 0 Å². The maximum atomic E-state index is 12.6. The normalized spacial score (nSPS) is 49.4. The highest BCUT2D eigenvalue weighted by atomic mass is 16.6. The molecule has 134 valence electrons. The van der Waals surface area contributed by atoms with E-state index in [1.54, 1.807) is 0 Å². The molecular weight excluding hydrogens is 306 g/mol. The number of fused-ring (bicyclic) bond motifs is 4. The highest BCUT2D eigenvalue weighted by molar-refractivity contribution is 5.77. The second kappa shape index (κ2) is 5.20. The van der Waals surface area contributed by atoms with Crippen LogP contribution in [0.4, 0.5) is 0 Å². The lowest BCUT2D eigenvalue weighted by molar-refractivity contribution is -0.146. The lowest BCUT2D eigenvalue weighted by Gasteiger charge is -2.49. The molecule has 0 aromatic carbocycles. The first-order valence-corrected chi connectivity index (χ1v) is 9.31. The van der Waals surface area contributed by atoms with Crippen molar-refractivity contribution in [2.75, 3.05) is 14.2 Å². The van der Waals surface area contributed by atoms with Crippen LogP contribution in [0.25, 0.3) is 0 Å². The standard InChI is InChI=1S/C19H29NO4/c1-9(2)14-15-11-7-6-10-12(8-13(21)23-5)20(4)17(19(10,11)3)16(14)24-18(15)22/h9-12,14-17H,6-8H2,1-5H3. The largest absolute Gasteiger partial charge is 0.469 e. The van der Waals surface area contributed by atoms with Gasteiger partial charge < -0.3 is 9.47 Å². The van der Waals surface area contributed by atoms with Crippen molar-refractivity contribution >= 4 is 11.9 Å². The number of hydrogen-bond acceptors (Lipinski definition) is 5. The first-order chi connectivity index (χ1) is 11.3. The van der Waals surface area contributed by atoms with Crippen LogP contribution in [-0.2, 0) is 19.1 Å². The zero-order chi connectivity index (χ0) is 17.4. The van der Waals surface area contributed by atoms with E-state index in [4.69, 9.17) is 9.47 Å². The smallest absolute Gasteiger partial charge is 0.310 e. The third-order valence-corrected chi connectivity index (χ3v) is 7.89. The number of likely N-dealkylation sites (N-methyl/N-ethyl adjacent to an activating group) is 1. The minimum Gasteiger partial charge on any atom is -0.469 e. The number of ether oxygens (including phenoxy) is 2. The highest BCUT2D eigenvalue weighted by Gasteiger charge is 2.73. The average molecular weight is 335 g/mol. The Balaban J connectivity index is 1.76. The number of methoxy groups -OCH3 is 1. The van der Waals surface area contributed by atoms with Gasteiger partial charge in [-0.05, 0) is 43.1 Å². The molecule has 4 aliphatic rings. The van der Waals surface area contributed by atoms with Gasteiger partial charge in [0.25, 0.3) is 0 Å². The summed E-state index contributed by atoms with van der Waals surface area (Å²) >= 11 is 0. The first-order valence-electron chi connectivity index (χ1n) is 9.31. The molecule has 5 heteroatoms. The molecule has 8 unspecified atom stereocenters. The molecule has 0 aromatic heterocycles. The second-order valence-electron chi connectivity index (χ2n) is 8.86. The van der Waals surface area contributed by atoms with Gasteiger partial charge in [-0.15, -0.1) is 0 Å². The molecule has 0 spiro atoms. The fourth-order valence-corrected chi connectivity index (χ4v) is 7.08. The van der Waals surface area contributed by atoms with E-state index in [1.165, 1.54) is 7.11 Å². The van der Waals surface area contributed by atoms with Gasteiger partial charge in [0.2, 0.25) is 0 Å². The molecule has 0 aromatic rings. The van der Waals surface area contributed by atoms with Crippen molar-refractivity contribution in [1.82, 2.24) is 4.90 Å². The number of nitrogens with zero attached hydrogens (tertiary/aromatic N) is 1. The summed E-state index contributed by atoms with van der Waals surface area (Å²) in [5.74, 6) is 1.51. The molecule has 2 aliphatic carbocycles. The van der Waals surface area contributed by atoms with Crippen molar-refractivity contribution in [3.05, 3.63) is 0 Å². The maximum Gasteiger partial charge on any atom is 0.310 e. The third-order valence-electron chi connectivity index (χ3n) is 7.89. The van der Waals surface area contributed by atoms with Crippen molar-refractivity contribution < 1.29 is 19.1 Å². The summed E-state index contributed by atoms with van der Waals surface area (Å²) < 4.78 is 10.9. The van der Waals surface area contributed by atoms with Gasteiger partial charge in [0.15, 0.2) is 0 Å². The molecule has 2 bridgehead atoms. The van der Waals surface area contributed by atoms with Gasteiger partial charge in [-0.25, -0.2) is 0 Å². The summed E-state index contributed by atoms with van der Waals surface area (Å²) in [6, 6.07) is 0.420. The number of carbonyl (C=O) groups is 2. The van der Waals surface area contributed by atoms with Crippen LogP contribution in [-0.4, -0.2) is 49.2 Å². The zero-order valence-electron chi connectivity index (χ0n) is 15.3. The Bertz CT molecular complexity index is 576. The number of carbonyl (C=O) groups excluding carboxylic acids is 2. The monoisotopic (exact) mass is 335 g/mol. The van der Waals surface area contributed by atoms with Gasteiger partial charge in [0.1, 0.15) is 6.10 Å². The van der Waals surface area contributed by atoms with Gasteiger partial charge in [-0.3, -0.25) is 14.5 Å². The Hall–Kier alpha value is -1.10. The quantitative estimate of drug-likeness (QED) is 0.739. The van der Waals surface area contributed by atoms with E-state index in [2.05, 4.69) is 32.7 Å². The third kappa shape index (κ3) is 1.80. The van der Waals surface area contributed by atoms with Gasteiger partial charge in [0.05, 0.1) is 25.5 Å². The molecule has 2 aliphatic heterocycles. The summed E-state index contributed by atoms with van der Waals surface area (Å²) in [4.78, 5) is 26.9. The molecule has 0 N–H and O–H groups in total. The Morgan fingerprint density at radius 1 is 1.38 bits per heavy atom. The van der Waals surface area contributed by atoms with Crippen LogP contribution in [0.15, 0.2) is 0 Å². The Morgan fingerprint density at radius 3 is 2.67 bits per heavy atom. The van der Waals surface area contributed by atoms with Gasteiger partial charge in [-0.2, -0.15) is 0 Å². The molecule has 2 heterocycles. The van der Waals surface area contributed by atoms with Crippen molar-refractivity contribution in [2.45, 2.75) is 58.2 Å². The van der Waals surface area contributed by atoms with E-state index in [0.717, 1.165) is 12.8 Å². The summed E-state index contributed by atoms with van der Waals surface area (Å²) in [7, 11) is 3.57.